The summed E-state index contributed by atoms with van der Waals surface area (Å²) in [6, 6.07) is 17.7. The second-order valence-corrected chi connectivity index (χ2v) is 21.1. The van der Waals surface area contributed by atoms with Gasteiger partial charge in [-0.1, -0.05) is 102 Å². The van der Waals surface area contributed by atoms with Crippen molar-refractivity contribution >= 4 is 20.3 Å². The fraction of sp³-hybridized carbons (Fsp3) is 0.659. The van der Waals surface area contributed by atoms with Gasteiger partial charge < -0.3 is 19.4 Å². The molecule has 0 saturated heterocycles. The van der Waals surface area contributed by atoms with Crippen molar-refractivity contribution in [2.24, 2.45) is 17.8 Å². The summed E-state index contributed by atoms with van der Waals surface area (Å²) in [5.74, 6) is -0.506. The van der Waals surface area contributed by atoms with Crippen LogP contribution < -0.4 is 0 Å². The second-order valence-electron chi connectivity index (χ2n) is 16.4. The maximum atomic E-state index is 13.5. The molecule has 1 unspecified atom stereocenters. The monoisotopic (exact) mass is 678 g/mol. The largest absolute Gasteiger partial charge is 0.481 e. The molecule has 0 radical (unpaired) electrons. The van der Waals surface area contributed by atoms with Crippen molar-refractivity contribution < 1.29 is 29.0 Å². The quantitative estimate of drug-likeness (QED) is 0.104. The molecule has 0 bridgehead atoms. The van der Waals surface area contributed by atoms with Gasteiger partial charge >= 0.3 is 11.9 Å². The van der Waals surface area contributed by atoms with Crippen LogP contribution in [0.2, 0.25) is 18.1 Å². The SMILES string of the molecule is CC(C)(C)[Si](C)(C)O[C@@](C)(CC[C@H]1C(O)C[C@H](OC(=O)c2ccc(-c3ccccc3)cc2)[C@@H]1CCCCCCC(=O)O)C1CCCCC1. The average Bonchev–Trinajstić information content (AvgIpc) is 3.34. The molecule has 5 atom stereocenters. The molecule has 0 amide bonds. The van der Waals surface area contributed by atoms with E-state index in [2.05, 4.69) is 52.9 Å². The number of aliphatic hydroxyl groups is 1. The molecule has 2 fully saturated rings. The molecule has 4 rings (SSSR count). The van der Waals surface area contributed by atoms with Gasteiger partial charge in [0.05, 0.1) is 17.3 Å². The van der Waals surface area contributed by atoms with Crippen molar-refractivity contribution in [3.63, 3.8) is 0 Å². The van der Waals surface area contributed by atoms with Crippen LogP contribution in [0.15, 0.2) is 54.6 Å². The molecule has 2 saturated carbocycles. The minimum atomic E-state index is -2.05. The lowest BCUT2D eigenvalue weighted by molar-refractivity contribution is -0.137. The minimum Gasteiger partial charge on any atom is -0.481 e. The fourth-order valence-corrected chi connectivity index (χ4v) is 9.72. The van der Waals surface area contributed by atoms with Crippen molar-refractivity contribution in [2.45, 2.75) is 154 Å². The minimum absolute atomic E-state index is 0.0215. The van der Waals surface area contributed by atoms with Crippen LogP contribution in [0.1, 0.15) is 128 Å². The molecule has 2 aromatic rings. The summed E-state index contributed by atoms with van der Waals surface area (Å²) in [7, 11) is -2.05. The van der Waals surface area contributed by atoms with E-state index >= 15 is 0 Å². The molecular weight excluding hydrogens is 617 g/mol. The first-order valence-corrected chi connectivity index (χ1v) is 21.6. The van der Waals surface area contributed by atoms with Gasteiger partial charge in [0.2, 0.25) is 0 Å². The highest BCUT2D eigenvalue weighted by atomic mass is 28.4. The number of unbranched alkanes of at least 4 members (excludes halogenated alkanes) is 3. The smallest absolute Gasteiger partial charge is 0.338 e. The average molecular weight is 679 g/mol. The van der Waals surface area contributed by atoms with E-state index in [0.717, 1.165) is 49.7 Å². The molecule has 2 aliphatic carbocycles. The van der Waals surface area contributed by atoms with Crippen molar-refractivity contribution in [1.82, 2.24) is 0 Å². The summed E-state index contributed by atoms with van der Waals surface area (Å²) in [6.07, 6.45) is 11.9. The van der Waals surface area contributed by atoms with Crippen LogP contribution in [0.5, 0.6) is 0 Å². The number of rotatable bonds is 16. The summed E-state index contributed by atoms with van der Waals surface area (Å²) in [4.78, 5) is 24.5. The molecule has 7 heteroatoms. The summed E-state index contributed by atoms with van der Waals surface area (Å²) in [5, 5.41) is 20.7. The Morgan fingerprint density at radius 1 is 0.812 bits per heavy atom. The lowest BCUT2D eigenvalue weighted by Crippen LogP contribution is -2.52. The van der Waals surface area contributed by atoms with E-state index in [4.69, 9.17) is 14.3 Å². The summed E-state index contributed by atoms with van der Waals surface area (Å²) >= 11 is 0. The Hall–Kier alpha value is -2.48. The molecule has 0 aromatic heterocycles. The molecule has 0 heterocycles. The standard InChI is InChI=1S/C41H62O6Si/c1-40(2,3)48(5,6)47-41(4,33-19-13-10-14-20-33)28-27-34-35(21-15-7-8-16-22-38(43)44)37(29-36(34)42)46-39(45)32-25-23-31(24-26-32)30-17-11-9-12-18-30/h9,11-12,17-18,23-26,33-37,42H,7-8,10,13-16,19-22,27-29H2,1-6H3,(H,43,44)/t34-,35-,36?,37+,41+/m1/s1. The maximum Gasteiger partial charge on any atom is 0.338 e. The lowest BCUT2D eigenvalue weighted by Gasteiger charge is -2.49. The van der Waals surface area contributed by atoms with E-state index < -0.39 is 20.4 Å². The molecule has 266 valence electrons. The highest BCUT2D eigenvalue weighted by Gasteiger charge is 2.49. The van der Waals surface area contributed by atoms with Crippen LogP contribution in [-0.2, 0) is 14.0 Å². The normalized spacial score (nSPS) is 23.5. The first-order valence-electron chi connectivity index (χ1n) is 18.7. The van der Waals surface area contributed by atoms with Crippen LogP contribution in [0.3, 0.4) is 0 Å². The Balaban J connectivity index is 1.49. The van der Waals surface area contributed by atoms with Crippen LogP contribution in [0, 0.1) is 17.8 Å². The fourth-order valence-electron chi connectivity index (χ4n) is 7.98. The number of carboxylic acids is 1. The van der Waals surface area contributed by atoms with Gasteiger partial charge in [-0.3, -0.25) is 4.79 Å². The number of carbonyl (C=O) groups excluding carboxylic acids is 1. The number of esters is 1. The van der Waals surface area contributed by atoms with Gasteiger partial charge in [-0.25, -0.2) is 4.79 Å². The summed E-state index contributed by atoms with van der Waals surface area (Å²) in [6.45, 7) is 14.0. The second kappa shape index (κ2) is 17.0. The van der Waals surface area contributed by atoms with E-state index in [-0.39, 0.29) is 41.0 Å². The lowest BCUT2D eigenvalue weighted by atomic mass is 9.73. The molecule has 48 heavy (non-hydrogen) atoms. The van der Waals surface area contributed by atoms with Gasteiger partial charge in [-0.15, -0.1) is 0 Å². The molecule has 0 spiro atoms. The Labute approximate surface area is 291 Å². The van der Waals surface area contributed by atoms with Crippen LogP contribution in [0.4, 0.5) is 0 Å². The van der Waals surface area contributed by atoms with Crippen molar-refractivity contribution in [2.75, 3.05) is 0 Å². The van der Waals surface area contributed by atoms with E-state index in [1.165, 1.54) is 32.1 Å². The topological polar surface area (TPSA) is 93.1 Å². The third-order valence-electron chi connectivity index (χ3n) is 11.9. The van der Waals surface area contributed by atoms with E-state index in [1.807, 2.05) is 42.5 Å². The predicted molar refractivity (Wildman–Crippen MR) is 197 cm³/mol. The zero-order chi connectivity index (χ0) is 35.0. The number of hydrogen-bond donors (Lipinski definition) is 2. The number of carboxylic acid groups (broad SMARTS) is 1. The summed E-state index contributed by atoms with van der Waals surface area (Å²) in [5.41, 5.74) is 2.41. The van der Waals surface area contributed by atoms with Gasteiger partial charge in [0, 0.05) is 18.8 Å². The van der Waals surface area contributed by atoms with Crippen LogP contribution in [-0.4, -0.2) is 48.3 Å². The zero-order valence-corrected chi connectivity index (χ0v) is 31.5. The third-order valence-corrected chi connectivity index (χ3v) is 16.5. The number of aliphatic hydroxyl groups excluding tert-OH is 1. The number of benzene rings is 2. The third kappa shape index (κ3) is 10.3. The number of hydrogen-bond acceptors (Lipinski definition) is 5. The van der Waals surface area contributed by atoms with Gasteiger partial charge in [0.15, 0.2) is 8.32 Å². The molecular formula is C41H62O6Si. The van der Waals surface area contributed by atoms with Gasteiger partial charge in [0.25, 0.3) is 0 Å². The van der Waals surface area contributed by atoms with E-state index in [9.17, 15) is 14.7 Å². The van der Waals surface area contributed by atoms with Crippen molar-refractivity contribution in [3.8, 4) is 11.1 Å². The Bertz CT molecular complexity index is 1300. The Kier molecular flexibility index (Phi) is 13.5. The van der Waals surface area contributed by atoms with Gasteiger partial charge in [-0.2, -0.15) is 0 Å². The number of aliphatic carboxylic acids is 1. The van der Waals surface area contributed by atoms with Crippen molar-refractivity contribution in [3.05, 3.63) is 60.2 Å². The maximum absolute atomic E-state index is 13.5. The predicted octanol–water partition coefficient (Wildman–Crippen LogP) is 10.4. The summed E-state index contributed by atoms with van der Waals surface area (Å²) < 4.78 is 13.6. The van der Waals surface area contributed by atoms with Crippen LogP contribution in [0.25, 0.3) is 11.1 Å². The molecule has 2 aliphatic rings. The van der Waals surface area contributed by atoms with Crippen LogP contribution >= 0.6 is 0 Å². The number of ether oxygens (including phenoxy) is 1. The molecule has 2 aromatic carbocycles. The van der Waals surface area contributed by atoms with Gasteiger partial charge in [0.1, 0.15) is 6.10 Å². The Morgan fingerprint density at radius 3 is 2.06 bits per heavy atom. The van der Waals surface area contributed by atoms with E-state index in [0.29, 0.717) is 24.3 Å². The van der Waals surface area contributed by atoms with Gasteiger partial charge in [-0.05, 0) is 98.7 Å². The molecule has 0 aliphatic heterocycles. The highest BCUT2D eigenvalue weighted by molar-refractivity contribution is 6.74. The zero-order valence-electron chi connectivity index (χ0n) is 30.5. The first kappa shape index (κ1) is 38.3. The number of carbonyl (C=O) groups is 2. The van der Waals surface area contributed by atoms with E-state index in [1.54, 1.807) is 0 Å². The van der Waals surface area contributed by atoms with Crippen molar-refractivity contribution in [1.29, 1.82) is 0 Å². The first-order chi connectivity index (χ1) is 22.7. The molecule has 6 nitrogen and oxygen atoms in total. The molecule has 2 N–H and O–H groups in total. The Morgan fingerprint density at radius 2 is 1.44 bits per heavy atom. The highest BCUT2D eigenvalue weighted by Crippen LogP contribution is 2.48.